The van der Waals surface area contributed by atoms with Crippen molar-refractivity contribution >= 4 is 11.0 Å². The number of aromatic nitrogens is 3. The summed E-state index contributed by atoms with van der Waals surface area (Å²) < 4.78 is 0. The van der Waals surface area contributed by atoms with Crippen LogP contribution in [0.2, 0.25) is 0 Å². The summed E-state index contributed by atoms with van der Waals surface area (Å²) in [6.45, 7) is 0. The van der Waals surface area contributed by atoms with Crippen molar-refractivity contribution in [3.8, 4) is 55.9 Å². The van der Waals surface area contributed by atoms with Gasteiger partial charge >= 0.3 is 0 Å². The molecule has 248 valence electrons. The Morgan fingerprint density at radius 3 is 1.30 bits per heavy atom. The van der Waals surface area contributed by atoms with E-state index in [4.69, 9.17) is 9.97 Å². The van der Waals surface area contributed by atoms with Gasteiger partial charge in [0.05, 0.1) is 27.8 Å². The van der Waals surface area contributed by atoms with Gasteiger partial charge in [-0.15, -0.1) is 0 Å². The summed E-state index contributed by atoms with van der Waals surface area (Å²) in [7, 11) is 0. The Morgan fingerprint density at radius 1 is 0.321 bits per heavy atom. The summed E-state index contributed by atoms with van der Waals surface area (Å²) in [6.07, 6.45) is 3.68. The molecule has 0 saturated carbocycles. The molecule has 53 heavy (non-hydrogen) atoms. The van der Waals surface area contributed by atoms with Crippen LogP contribution in [0.25, 0.3) is 66.9 Å². The maximum absolute atomic E-state index is 5.31. The summed E-state index contributed by atoms with van der Waals surface area (Å²) in [5.74, 6) is 0. The van der Waals surface area contributed by atoms with Crippen LogP contribution in [0.5, 0.6) is 0 Å². The average Bonchev–Trinajstić information content (AvgIpc) is 3.54. The first-order valence-electron chi connectivity index (χ1n) is 18.0. The van der Waals surface area contributed by atoms with Crippen LogP contribution in [0.4, 0.5) is 0 Å². The summed E-state index contributed by atoms with van der Waals surface area (Å²) >= 11 is 0. The normalized spacial score (nSPS) is 12.7. The lowest BCUT2D eigenvalue weighted by Gasteiger charge is -2.34. The number of fused-ring (bicyclic) bond motifs is 4. The highest BCUT2D eigenvalue weighted by Gasteiger charge is 2.46. The molecular formula is C50H33N3. The number of hydrogen-bond acceptors (Lipinski definition) is 3. The Labute approximate surface area is 309 Å². The van der Waals surface area contributed by atoms with Gasteiger partial charge in [-0.1, -0.05) is 152 Å². The van der Waals surface area contributed by atoms with Gasteiger partial charge in [0.1, 0.15) is 0 Å². The predicted molar refractivity (Wildman–Crippen MR) is 216 cm³/mol. The smallest absolute Gasteiger partial charge is 0.0973 e. The molecule has 0 spiro atoms. The molecule has 0 N–H and O–H groups in total. The molecule has 10 rings (SSSR count). The van der Waals surface area contributed by atoms with Crippen LogP contribution in [-0.2, 0) is 5.41 Å². The Morgan fingerprint density at radius 2 is 0.736 bits per heavy atom. The van der Waals surface area contributed by atoms with E-state index in [0.717, 1.165) is 39.1 Å². The Hall–Kier alpha value is -6.97. The van der Waals surface area contributed by atoms with Gasteiger partial charge in [0.2, 0.25) is 0 Å². The van der Waals surface area contributed by atoms with Gasteiger partial charge in [-0.3, -0.25) is 4.98 Å². The Balaban J connectivity index is 1.22. The Kier molecular flexibility index (Phi) is 7.36. The largest absolute Gasteiger partial charge is 0.265 e. The van der Waals surface area contributed by atoms with Crippen molar-refractivity contribution in [1.29, 1.82) is 0 Å². The molecule has 3 heteroatoms. The molecule has 0 radical (unpaired) electrons. The van der Waals surface area contributed by atoms with Gasteiger partial charge in [-0.25, -0.2) is 9.97 Å². The van der Waals surface area contributed by atoms with Crippen LogP contribution in [0.15, 0.2) is 200 Å². The lowest BCUT2D eigenvalue weighted by atomic mass is 9.67. The van der Waals surface area contributed by atoms with Crippen molar-refractivity contribution in [2.24, 2.45) is 0 Å². The van der Waals surface area contributed by atoms with Crippen LogP contribution in [0, 0.1) is 0 Å². The molecule has 1 aliphatic carbocycles. The van der Waals surface area contributed by atoms with E-state index in [2.05, 4.69) is 163 Å². The number of nitrogens with zero attached hydrogens (tertiary/aromatic N) is 3. The lowest BCUT2D eigenvalue weighted by molar-refractivity contribution is 0.769. The van der Waals surface area contributed by atoms with E-state index in [1.54, 1.807) is 0 Å². The second-order valence-electron chi connectivity index (χ2n) is 13.6. The third kappa shape index (κ3) is 5.09. The van der Waals surface area contributed by atoms with Gasteiger partial charge in [-0.2, -0.15) is 0 Å². The van der Waals surface area contributed by atoms with Crippen LogP contribution in [-0.4, -0.2) is 15.0 Å². The van der Waals surface area contributed by atoms with Crippen LogP contribution >= 0.6 is 0 Å². The number of benzene rings is 7. The van der Waals surface area contributed by atoms with E-state index < -0.39 is 5.41 Å². The number of hydrogen-bond donors (Lipinski definition) is 0. The van der Waals surface area contributed by atoms with E-state index in [1.807, 2.05) is 42.7 Å². The molecule has 9 aromatic rings. The monoisotopic (exact) mass is 675 g/mol. The molecule has 1 aliphatic rings. The zero-order valence-electron chi connectivity index (χ0n) is 28.9. The fourth-order valence-electron chi connectivity index (χ4n) is 8.21. The van der Waals surface area contributed by atoms with Crippen molar-refractivity contribution in [1.82, 2.24) is 15.0 Å². The lowest BCUT2D eigenvalue weighted by Crippen LogP contribution is -2.28. The molecule has 3 nitrogen and oxygen atoms in total. The van der Waals surface area contributed by atoms with Crippen LogP contribution < -0.4 is 0 Å². The van der Waals surface area contributed by atoms with Gasteiger partial charge in [-0.05, 0) is 92.0 Å². The van der Waals surface area contributed by atoms with Gasteiger partial charge in [0.25, 0.3) is 0 Å². The molecule has 0 unspecified atom stereocenters. The number of para-hydroxylation sites is 2. The minimum Gasteiger partial charge on any atom is -0.265 e. The first-order chi connectivity index (χ1) is 26.3. The third-order valence-electron chi connectivity index (χ3n) is 10.7. The predicted octanol–water partition coefficient (Wildman–Crippen LogP) is 12.1. The fraction of sp³-hybridized carbons (Fsp3) is 0.0200. The highest BCUT2D eigenvalue weighted by Crippen LogP contribution is 2.57. The van der Waals surface area contributed by atoms with Crippen molar-refractivity contribution in [3.05, 3.63) is 223 Å². The third-order valence-corrected chi connectivity index (χ3v) is 10.7. The van der Waals surface area contributed by atoms with Gasteiger partial charge in [0, 0.05) is 23.5 Å². The molecule has 0 fully saturated rings. The first-order valence-corrected chi connectivity index (χ1v) is 18.0. The van der Waals surface area contributed by atoms with Gasteiger partial charge in [0.15, 0.2) is 0 Å². The molecule has 2 heterocycles. The van der Waals surface area contributed by atoms with E-state index in [-0.39, 0.29) is 0 Å². The highest BCUT2D eigenvalue weighted by molar-refractivity contribution is 5.92. The van der Waals surface area contributed by atoms with E-state index in [1.165, 1.54) is 50.1 Å². The number of rotatable bonds is 6. The molecule has 0 amide bonds. The van der Waals surface area contributed by atoms with E-state index in [9.17, 15) is 0 Å². The summed E-state index contributed by atoms with van der Waals surface area (Å²) in [5.41, 5.74) is 17.1. The molecule has 0 atom stereocenters. The quantitative estimate of drug-likeness (QED) is 0.176. The second kappa shape index (κ2) is 12.7. The summed E-state index contributed by atoms with van der Waals surface area (Å²) in [5, 5.41) is 0. The minimum atomic E-state index is -0.576. The average molecular weight is 676 g/mol. The number of pyridine rings is 1. The zero-order valence-corrected chi connectivity index (χ0v) is 28.9. The SMILES string of the molecule is c1ccc(-c2nc3ccccc3nc2-c2ccc3c(c2)C(c2ccccc2)(c2ccccc2)c2cc(-c4ccc(-c5ccncc5)cc4)ccc2-3)cc1. The maximum atomic E-state index is 5.31. The summed E-state index contributed by atoms with van der Waals surface area (Å²) in [6, 6.07) is 67.4. The zero-order chi connectivity index (χ0) is 35.2. The minimum absolute atomic E-state index is 0.576. The molecular weight excluding hydrogens is 643 g/mol. The van der Waals surface area contributed by atoms with Crippen molar-refractivity contribution in [3.63, 3.8) is 0 Å². The summed E-state index contributed by atoms with van der Waals surface area (Å²) in [4.78, 5) is 14.7. The molecule has 0 bridgehead atoms. The molecule has 7 aromatic carbocycles. The first kappa shape index (κ1) is 30.8. The molecule has 0 aliphatic heterocycles. The van der Waals surface area contributed by atoms with E-state index in [0.29, 0.717) is 0 Å². The Bertz CT molecular complexity index is 2700. The van der Waals surface area contributed by atoms with Crippen molar-refractivity contribution in [2.45, 2.75) is 5.41 Å². The standard InChI is InChI=1S/C50H33N3/c1-4-12-37(13-5-1)48-49(53-47-19-11-10-18-46(47)52-48)39-25-27-43-42-26-24-38(35-22-20-34(21-23-35)36-28-30-51-31-29-36)32-44(42)50(45(43)33-39,40-14-6-2-7-15-40)41-16-8-3-9-17-41/h1-33H. The van der Waals surface area contributed by atoms with Crippen LogP contribution in [0.3, 0.4) is 0 Å². The van der Waals surface area contributed by atoms with Crippen LogP contribution in [0.1, 0.15) is 22.3 Å². The van der Waals surface area contributed by atoms with Crippen molar-refractivity contribution in [2.75, 3.05) is 0 Å². The van der Waals surface area contributed by atoms with Gasteiger partial charge < -0.3 is 0 Å². The molecule has 0 saturated heterocycles. The van der Waals surface area contributed by atoms with Crippen molar-refractivity contribution < 1.29 is 0 Å². The highest BCUT2D eigenvalue weighted by atomic mass is 14.8. The molecule has 2 aromatic heterocycles. The topological polar surface area (TPSA) is 38.7 Å². The van der Waals surface area contributed by atoms with E-state index >= 15 is 0 Å². The fourth-order valence-corrected chi connectivity index (χ4v) is 8.21. The second-order valence-corrected chi connectivity index (χ2v) is 13.6. The maximum Gasteiger partial charge on any atom is 0.0973 e.